The standard InChI is InChI=1S/C11H19N5O/c12-10(9-17)8-15-4-6-16(7-5-15)11-13-2-1-3-14-11/h1-3,10,17H,4-9,12H2. The van der Waals surface area contributed by atoms with Crippen LogP contribution in [0.5, 0.6) is 0 Å². The molecule has 0 amide bonds. The fourth-order valence-electron chi connectivity index (χ4n) is 1.97. The molecule has 1 unspecified atom stereocenters. The molecule has 1 aromatic heterocycles. The van der Waals surface area contributed by atoms with Crippen LogP contribution in [0, 0.1) is 0 Å². The molecule has 1 atom stereocenters. The van der Waals surface area contributed by atoms with Crippen LogP contribution in [-0.4, -0.2) is 65.3 Å². The molecule has 6 nitrogen and oxygen atoms in total. The quantitative estimate of drug-likeness (QED) is 0.693. The van der Waals surface area contributed by atoms with Gasteiger partial charge >= 0.3 is 0 Å². The first-order valence-electron chi connectivity index (χ1n) is 5.90. The fraction of sp³-hybridized carbons (Fsp3) is 0.636. The van der Waals surface area contributed by atoms with Gasteiger partial charge < -0.3 is 15.7 Å². The first-order chi connectivity index (χ1) is 8.29. The second-order valence-corrected chi connectivity index (χ2v) is 4.28. The average Bonchev–Trinajstić information content (AvgIpc) is 2.40. The maximum Gasteiger partial charge on any atom is 0.225 e. The number of aliphatic hydroxyl groups excluding tert-OH is 1. The van der Waals surface area contributed by atoms with E-state index in [0.717, 1.165) is 38.7 Å². The summed E-state index contributed by atoms with van der Waals surface area (Å²) in [5.74, 6) is 0.790. The third-order valence-corrected chi connectivity index (χ3v) is 2.93. The zero-order valence-electron chi connectivity index (χ0n) is 9.87. The van der Waals surface area contributed by atoms with Gasteiger partial charge in [-0.1, -0.05) is 0 Å². The van der Waals surface area contributed by atoms with Crippen molar-refractivity contribution >= 4 is 5.95 Å². The number of nitrogens with zero attached hydrogens (tertiary/aromatic N) is 4. The minimum atomic E-state index is -0.144. The maximum atomic E-state index is 8.91. The number of aromatic nitrogens is 2. The monoisotopic (exact) mass is 237 g/mol. The van der Waals surface area contributed by atoms with Crippen LogP contribution in [0.15, 0.2) is 18.5 Å². The third-order valence-electron chi connectivity index (χ3n) is 2.93. The molecule has 17 heavy (non-hydrogen) atoms. The van der Waals surface area contributed by atoms with Gasteiger partial charge in [-0.3, -0.25) is 4.90 Å². The lowest BCUT2D eigenvalue weighted by Gasteiger charge is -2.35. The molecule has 0 bridgehead atoms. The van der Waals surface area contributed by atoms with Crippen molar-refractivity contribution in [3.05, 3.63) is 18.5 Å². The lowest BCUT2D eigenvalue weighted by molar-refractivity contribution is 0.194. The Morgan fingerprint density at radius 2 is 1.88 bits per heavy atom. The number of anilines is 1. The topological polar surface area (TPSA) is 78.5 Å². The second kappa shape index (κ2) is 5.90. The summed E-state index contributed by atoms with van der Waals surface area (Å²) in [6.45, 7) is 4.48. The predicted octanol–water partition coefficient (Wildman–Crippen LogP) is -1.08. The second-order valence-electron chi connectivity index (χ2n) is 4.28. The normalized spacial score (nSPS) is 19.3. The molecular formula is C11H19N5O. The number of rotatable bonds is 4. The highest BCUT2D eigenvalue weighted by molar-refractivity contribution is 5.29. The van der Waals surface area contributed by atoms with Crippen molar-refractivity contribution in [1.82, 2.24) is 14.9 Å². The fourth-order valence-corrected chi connectivity index (χ4v) is 1.97. The summed E-state index contributed by atoms with van der Waals surface area (Å²) >= 11 is 0. The van der Waals surface area contributed by atoms with E-state index in [1.807, 2.05) is 6.07 Å². The number of nitrogens with two attached hydrogens (primary N) is 1. The smallest absolute Gasteiger partial charge is 0.225 e. The molecule has 94 valence electrons. The lowest BCUT2D eigenvalue weighted by atomic mass is 10.2. The van der Waals surface area contributed by atoms with Crippen LogP contribution in [-0.2, 0) is 0 Å². The Morgan fingerprint density at radius 1 is 1.24 bits per heavy atom. The van der Waals surface area contributed by atoms with Crippen molar-refractivity contribution in [2.75, 3.05) is 44.2 Å². The van der Waals surface area contributed by atoms with Crippen LogP contribution >= 0.6 is 0 Å². The Hall–Kier alpha value is -1.24. The Balaban J connectivity index is 1.82. The van der Waals surface area contributed by atoms with Crippen LogP contribution in [0.25, 0.3) is 0 Å². The first kappa shape index (κ1) is 12.2. The Bertz CT molecular complexity index is 326. The van der Waals surface area contributed by atoms with Crippen LogP contribution in [0.1, 0.15) is 0 Å². The molecule has 6 heteroatoms. The molecule has 2 rings (SSSR count). The van der Waals surface area contributed by atoms with E-state index in [1.165, 1.54) is 0 Å². The van der Waals surface area contributed by atoms with Crippen molar-refractivity contribution in [1.29, 1.82) is 0 Å². The average molecular weight is 237 g/mol. The van der Waals surface area contributed by atoms with E-state index in [1.54, 1.807) is 12.4 Å². The predicted molar refractivity (Wildman–Crippen MR) is 65.7 cm³/mol. The molecule has 1 aliphatic rings. The van der Waals surface area contributed by atoms with E-state index < -0.39 is 0 Å². The highest BCUT2D eigenvalue weighted by Gasteiger charge is 2.19. The zero-order valence-corrected chi connectivity index (χ0v) is 9.87. The third kappa shape index (κ3) is 3.36. The summed E-state index contributed by atoms with van der Waals surface area (Å²) in [7, 11) is 0. The van der Waals surface area contributed by atoms with Gasteiger partial charge in [-0.05, 0) is 6.07 Å². The number of aliphatic hydroxyl groups is 1. The summed E-state index contributed by atoms with van der Waals surface area (Å²) in [5, 5.41) is 8.91. The molecular weight excluding hydrogens is 218 g/mol. The zero-order chi connectivity index (χ0) is 12.1. The van der Waals surface area contributed by atoms with E-state index in [0.29, 0.717) is 0 Å². The van der Waals surface area contributed by atoms with E-state index >= 15 is 0 Å². The highest BCUT2D eigenvalue weighted by atomic mass is 16.3. The Labute approximate surface area is 101 Å². The van der Waals surface area contributed by atoms with Gasteiger partial charge in [-0.25, -0.2) is 9.97 Å². The molecule has 2 heterocycles. The molecule has 1 saturated heterocycles. The largest absolute Gasteiger partial charge is 0.395 e. The van der Waals surface area contributed by atoms with Gasteiger partial charge in [0.1, 0.15) is 0 Å². The number of piperazine rings is 1. The molecule has 0 radical (unpaired) electrons. The molecule has 0 aromatic carbocycles. The van der Waals surface area contributed by atoms with Crippen molar-refractivity contribution in [3.63, 3.8) is 0 Å². The number of hydrogen-bond donors (Lipinski definition) is 2. The molecule has 0 saturated carbocycles. The Morgan fingerprint density at radius 3 is 2.47 bits per heavy atom. The molecule has 1 fully saturated rings. The van der Waals surface area contributed by atoms with Gasteiger partial charge in [0, 0.05) is 51.2 Å². The van der Waals surface area contributed by atoms with Crippen molar-refractivity contribution in [2.24, 2.45) is 5.73 Å². The SMILES string of the molecule is NC(CO)CN1CCN(c2ncccn2)CC1. The summed E-state index contributed by atoms with van der Waals surface area (Å²) in [6.07, 6.45) is 3.52. The van der Waals surface area contributed by atoms with Crippen molar-refractivity contribution in [3.8, 4) is 0 Å². The van der Waals surface area contributed by atoms with Crippen molar-refractivity contribution < 1.29 is 5.11 Å². The minimum absolute atomic E-state index is 0.0437. The van der Waals surface area contributed by atoms with Gasteiger partial charge in [-0.2, -0.15) is 0 Å². The van der Waals surface area contributed by atoms with Crippen LogP contribution < -0.4 is 10.6 Å². The van der Waals surface area contributed by atoms with Crippen LogP contribution in [0.3, 0.4) is 0 Å². The highest BCUT2D eigenvalue weighted by Crippen LogP contribution is 2.09. The molecule has 3 N–H and O–H groups in total. The van der Waals surface area contributed by atoms with E-state index in [4.69, 9.17) is 10.8 Å². The minimum Gasteiger partial charge on any atom is -0.395 e. The molecule has 0 spiro atoms. The summed E-state index contributed by atoms with van der Waals surface area (Å²) in [6, 6.07) is 1.68. The first-order valence-corrected chi connectivity index (χ1v) is 5.90. The lowest BCUT2D eigenvalue weighted by Crippen LogP contribution is -2.51. The van der Waals surface area contributed by atoms with Crippen molar-refractivity contribution in [2.45, 2.75) is 6.04 Å². The van der Waals surface area contributed by atoms with Gasteiger partial charge in [0.2, 0.25) is 5.95 Å². The maximum absolute atomic E-state index is 8.91. The van der Waals surface area contributed by atoms with Gasteiger partial charge in [0.25, 0.3) is 0 Å². The van der Waals surface area contributed by atoms with Gasteiger partial charge in [-0.15, -0.1) is 0 Å². The molecule has 0 aliphatic carbocycles. The van der Waals surface area contributed by atoms with E-state index in [-0.39, 0.29) is 12.6 Å². The summed E-state index contributed by atoms with van der Waals surface area (Å²) < 4.78 is 0. The van der Waals surface area contributed by atoms with E-state index in [9.17, 15) is 0 Å². The molecule has 1 aromatic rings. The summed E-state index contributed by atoms with van der Waals surface area (Å²) in [4.78, 5) is 12.9. The van der Waals surface area contributed by atoms with Crippen LogP contribution in [0.4, 0.5) is 5.95 Å². The van der Waals surface area contributed by atoms with Gasteiger partial charge in [0.05, 0.1) is 6.61 Å². The van der Waals surface area contributed by atoms with E-state index in [2.05, 4.69) is 19.8 Å². The summed E-state index contributed by atoms with van der Waals surface area (Å²) in [5.41, 5.74) is 5.72. The Kier molecular flexibility index (Phi) is 4.24. The van der Waals surface area contributed by atoms with Crippen LogP contribution in [0.2, 0.25) is 0 Å². The number of hydrogen-bond acceptors (Lipinski definition) is 6. The van der Waals surface area contributed by atoms with Gasteiger partial charge in [0.15, 0.2) is 0 Å². The molecule has 1 aliphatic heterocycles.